The molecule has 0 radical (unpaired) electrons. The van der Waals surface area contributed by atoms with Crippen molar-refractivity contribution in [3.05, 3.63) is 0 Å². The Morgan fingerprint density at radius 2 is 1.29 bits per heavy atom. The Hall–Kier alpha value is 0.360. The van der Waals surface area contributed by atoms with Gasteiger partial charge in [-0.3, -0.25) is 0 Å². The Bertz CT molecular complexity index is 350. The maximum atomic E-state index is 11.8. The monoisotopic (exact) mass is 338 g/mol. The molecule has 0 aromatic rings. The molecular weight excluding hydrogens is 304 g/mol. The summed E-state index contributed by atoms with van der Waals surface area (Å²) in [6.45, 7) is 14.5. The zero-order valence-electron chi connectivity index (χ0n) is 14.8. The molecule has 2 aliphatic rings. The molecule has 128 valence electrons. The van der Waals surface area contributed by atoms with Gasteiger partial charge in [0.05, 0.1) is 15.7 Å². The summed E-state index contributed by atoms with van der Waals surface area (Å²) in [7, 11) is -0.937. The first-order valence-electron chi connectivity index (χ1n) is 7.82. The molecule has 5 heteroatoms. The van der Waals surface area contributed by atoms with E-state index in [-0.39, 0.29) is 28.2 Å². The third kappa shape index (κ3) is 7.96. The minimum absolute atomic E-state index is 0. The molecule has 0 bridgehead atoms. The molecule has 21 heavy (non-hydrogen) atoms. The standard InChI is InChI=1S/C10H21NOS.C6H13N.ClH/c1-9(2,3)13(12)11-10(4,5)8-6-7-8;1-6(2,7)5-3-4-5;/h8,11H,6-7H2,1-5H3;5H,3-4,7H2,1-2H3;1H. The third-order valence-electron chi connectivity index (χ3n) is 4.14. The summed E-state index contributed by atoms with van der Waals surface area (Å²) >= 11 is 0. The van der Waals surface area contributed by atoms with Crippen LogP contribution in [0.3, 0.4) is 0 Å². The molecule has 0 amide bonds. The van der Waals surface area contributed by atoms with Gasteiger partial charge in [0.15, 0.2) is 0 Å². The van der Waals surface area contributed by atoms with E-state index in [2.05, 4.69) is 32.4 Å². The normalized spacial score (nSPS) is 21.0. The van der Waals surface area contributed by atoms with Gasteiger partial charge in [0.2, 0.25) is 0 Å². The van der Waals surface area contributed by atoms with Crippen molar-refractivity contribution in [1.29, 1.82) is 0 Å². The molecule has 0 heterocycles. The van der Waals surface area contributed by atoms with Crippen LogP contribution in [0.2, 0.25) is 0 Å². The van der Waals surface area contributed by atoms with Gasteiger partial charge in [-0.2, -0.15) is 0 Å². The number of nitrogens with two attached hydrogens (primary N) is 1. The highest BCUT2D eigenvalue weighted by molar-refractivity contribution is 7.84. The number of halogens is 1. The lowest BCUT2D eigenvalue weighted by Crippen LogP contribution is -2.47. The smallest absolute Gasteiger partial charge is 0.0975 e. The molecule has 0 aliphatic heterocycles. The van der Waals surface area contributed by atoms with Crippen molar-refractivity contribution in [2.24, 2.45) is 17.6 Å². The maximum Gasteiger partial charge on any atom is 0.0975 e. The molecule has 2 aliphatic carbocycles. The highest BCUT2D eigenvalue weighted by atomic mass is 35.5. The highest BCUT2D eigenvalue weighted by Gasteiger charge is 2.40. The van der Waals surface area contributed by atoms with E-state index in [1.807, 2.05) is 20.8 Å². The molecule has 1 unspecified atom stereocenters. The van der Waals surface area contributed by atoms with E-state index in [0.717, 1.165) is 11.8 Å². The van der Waals surface area contributed by atoms with Crippen molar-refractivity contribution in [2.75, 3.05) is 0 Å². The molecule has 3 nitrogen and oxygen atoms in total. The van der Waals surface area contributed by atoms with E-state index < -0.39 is 11.0 Å². The van der Waals surface area contributed by atoms with Crippen molar-refractivity contribution in [3.63, 3.8) is 0 Å². The van der Waals surface area contributed by atoms with Crippen molar-refractivity contribution in [1.82, 2.24) is 4.72 Å². The molecule has 2 saturated carbocycles. The Kier molecular flexibility index (Phi) is 7.41. The van der Waals surface area contributed by atoms with Crippen molar-refractivity contribution in [2.45, 2.75) is 90.0 Å². The van der Waals surface area contributed by atoms with Crippen LogP contribution in [-0.2, 0) is 11.0 Å². The van der Waals surface area contributed by atoms with Gasteiger partial charge in [-0.25, -0.2) is 8.93 Å². The van der Waals surface area contributed by atoms with Crippen LogP contribution in [0.1, 0.15) is 74.1 Å². The Morgan fingerprint density at radius 1 is 0.905 bits per heavy atom. The highest BCUT2D eigenvalue weighted by Crippen LogP contribution is 2.39. The van der Waals surface area contributed by atoms with E-state index in [9.17, 15) is 4.21 Å². The Morgan fingerprint density at radius 3 is 1.48 bits per heavy atom. The fourth-order valence-electron chi connectivity index (χ4n) is 2.11. The quantitative estimate of drug-likeness (QED) is 0.819. The van der Waals surface area contributed by atoms with Gasteiger partial charge in [-0.05, 0) is 86.0 Å². The van der Waals surface area contributed by atoms with Crippen LogP contribution < -0.4 is 10.5 Å². The molecule has 2 fully saturated rings. The minimum Gasteiger partial charge on any atom is -0.325 e. The third-order valence-corrected chi connectivity index (χ3v) is 5.96. The minimum atomic E-state index is -0.937. The van der Waals surface area contributed by atoms with Gasteiger partial charge in [0.25, 0.3) is 0 Å². The second-order valence-electron chi connectivity index (χ2n) is 8.57. The van der Waals surface area contributed by atoms with Crippen molar-refractivity contribution in [3.8, 4) is 0 Å². The van der Waals surface area contributed by atoms with E-state index >= 15 is 0 Å². The maximum absolute atomic E-state index is 11.8. The van der Waals surface area contributed by atoms with Gasteiger partial charge < -0.3 is 5.73 Å². The van der Waals surface area contributed by atoms with Gasteiger partial charge in [-0.1, -0.05) is 0 Å². The zero-order valence-corrected chi connectivity index (χ0v) is 16.4. The molecule has 0 saturated heterocycles. The predicted octanol–water partition coefficient (Wildman–Crippen LogP) is 3.78. The summed E-state index contributed by atoms with van der Waals surface area (Å²) in [5.41, 5.74) is 5.89. The summed E-state index contributed by atoms with van der Waals surface area (Å²) in [6.07, 6.45) is 5.26. The van der Waals surface area contributed by atoms with Gasteiger partial charge in [0.1, 0.15) is 0 Å². The molecule has 0 aromatic heterocycles. The summed E-state index contributed by atoms with van der Waals surface area (Å²) in [4.78, 5) is 0. The number of hydrogen-bond acceptors (Lipinski definition) is 2. The first-order chi connectivity index (χ1) is 8.84. The second kappa shape index (κ2) is 7.29. The average Bonchev–Trinajstić information content (AvgIpc) is 3.07. The largest absolute Gasteiger partial charge is 0.325 e. The molecule has 1 atom stereocenters. The lowest BCUT2D eigenvalue weighted by Gasteiger charge is -2.29. The van der Waals surface area contributed by atoms with E-state index in [1.165, 1.54) is 25.7 Å². The van der Waals surface area contributed by atoms with E-state index in [4.69, 9.17) is 5.73 Å². The van der Waals surface area contributed by atoms with Crippen LogP contribution in [0.25, 0.3) is 0 Å². The van der Waals surface area contributed by atoms with Crippen molar-refractivity contribution < 1.29 is 4.21 Å². The van der Waals surface area contributed by atoms with Gasteiger partial charge in [-0.15, -0.1) is 12.4 Å². The van der Waals surface area contributed by atoms with E-state index in [0.29, 0.717) is 0 Å². The Labute approximate surface area is 140 Å². The lowest BCUT2D eigenvalue weighted by atomic mass is 10.0. The number of rotatable bonds is 4. The fourth-order valence-corrected chi connectivity index (χ4v) is 3.06. The van der Waals surface area contributed by atoms with Crippen LogP contribution in [0.5, 0.6) is 0 Å². The number of hydrogen-bond donors (Lipinski definition) is 2. The fraction of sp³-hybridized carbons (Fsp3) is 1.00. The van der Waals surface area contributed by atoms with Gasteiger partial charge >= 0.3 is 0 Å². The SMILES string of the molecule is CC(C)(N)C1CC1.CC(C)(NS(=O)C(C)(C)C)C1CC1.Cl. The second-order valence-corrected chi connectivity index (χ2v) is 10.5. The first kappa shape index (κ1) is 21.4. The van der Waals surface area contributed by atoms with Crippen LogP contribution in [-0.4, -0.2) is 20.0 Å². The van der Waals surface area contributed by atoms with Crippen LogP contribution >= 0.6 is 12.4 Å². The molecular formula is C16H35ClN2OS. The van der Waals surface area contributed by atoms with Crippen LogP contribution in [0, 0.1) is 11.8 Å². The summed E-state index contributed by atoms with van der Waals surface area (Å²) < 4.78 is 14.9. The topological polar surface area (TPSA) is 55.1 Å². The Balaban J connectivity index is 0.000000425. The summed E-state index contributed by atoms with van der Waals surface area (Å²) in [6, 6.07) is 0. The van der Waals surface area contributed by atoms with Crippen molar-refractivity contribution >= 4 is 23.4 Å². The van der Waals surface area contributed by atoms with Gasteiger partial charge in [0, 0.05) is 11.1 Å². The van der Waals surface area contributed by atoms with E-state index in [1.54, 1.807) is 0 Å². The van der Waals surface area contributed by atoms with Crippen LogP contribution in [0.4, 0.5) is 0 Å². The van der Waals surface area contributed by atoms with Crippen LogP contribution in [0.15, 0.2) is 0 Å². The zero-order chi connectivity index (χ0) is 15.8. The number of nitrogens with one attached hydrogen (secondary N) is 1. The summed E-state index contributed by atoms with van der Waals surface area (Å²) in [5, 5.41) is 0. The predicted molar refractivity (Wildman–Crippen MR) is 96.1 cm³/mol. The molecule has 0 aromatic carbocycles. The summed E-state index contributed by atoms with van der Waals surface area (Å²) in [5.74, 6) is 1.55. The molecule has 0 spiro atoms. The molecule has 2 rings (SSSR count). The molecule has 3 N–H and O–H groups in total. The average molecular weight is 339 g/mol. The first-order valence-corrected chi connectivity index (χ1v) is 8.97. The lowest BCUT2D eigenvalue weighted by molar-refractivity contribution is 0.407.